The lowest BCUT2D eigenvalue weighted by Crippen LogP contribution is -2.18. The third-order valence-corrected chi connectivity index (χ3v) is 5.55. The van der Waals surface area contributed by atoms with Crippen molar-refractivity contribution in [1.82, 2.24) is 0 Å². The summed E-state index contributed by atoms with van der Waals surface area (Å²) in [4.78, 5) is 0.223. The molecule has 0 saturated heterocycles. The first kappa shape index (κ1) is 14.4. The van der Waals surface area contributed by atoms with E-state index in [-0.39, 0.29) is 10.2 Å². The van der Waals surface area contributed by atoms with Crippen molar-refractivity contribution < 1.29 is 4.74 Å². The van der Waals surface area contributed by atoms with Gasteiger partial charge in [-0.05, 0) is 58.0 Å². The highest BCUT2D eigenvalue weighted by molar-refractivity contribution is 14.1. The van der Waals surface area contributed by atoms with Gasteiger partial charge in [0.1, 0.15) is 5.75 Å². The molecule has 20 heavy (non-hydrogen) atoms. The second-order valence-electron chi connectivity index (χ2n) is 5.84. The van der Waals surface area contributed by atoms with Crippen LogP contribution in [0.4, 0.5) is 0 Å². The van der Waals surface area contributed by atoms with Gasteiger partial charge in [-0.2, -0.15) is 0 Å². The fraction of sp³-hybridized carbons (Fsp3) is 0.294. The molecule has 1 aliphatic rings. The fourth-order valence-electron chi connectivity index (χ4n) is 2.52. The predicted octanol–water partition coefficient (Wildman–Crippen LogP) is 5.45. The van der Waals surface area contributed by atoms with Crippen molar-refractivity contribution in [3.05, 3.63) is 62.7 Å². The van der Waals surface area contributed by atoms with Crippen LogP contribution in [-0.2, 0) is 5.41 Å². The van der Waals surface area contributed by atoms with Gasteiger partial charge in [-0.3, -0.25) is 0 Å². The molecule has 1 atom stereocenters. The minimum absolute atomic E-state index is 0.101. The Kier molecular flexibility index (Phi) is 3.84. The molecule has 2 aromatic carbocycles. The second-order valence-corrected chi connectivity index (χ2v) is 8.00. The topological polar surface area (TPSA) is 9.23 Å². The minimum atomic E-state index is 0.101. The van der Waals surface area contributed by atoms with Crippen LogP contribution in [0.25, 0.3) is 0 Å². The molecule has 1 aliphatic heterocycles. The Hall–Kier alpha value is -0.550. The average Bonchev–Trinajstić information content (AvgIpc) is 2.74. The van der Waals surface area contributed by atoms with E-state index < -0.39 is 0 Å². The lowest BCUT2D eigenvalue weighted by atomic mass is 9.85. The van der Waals surface area contributed by atoms with Gasteiger partial charge in [0.15, 0.2) is 0 Å². The summed E-state index contributed by atoms with van der Waals surface area (Å²) in [7, 11) is 0. The molecule has 0 fully saturated rings. The predicted molar refractivity (Wildman–Crippen MR) is 94.9 cm³/mol. The van der Waals surface area contributed by atoms with Crippen molar-refractivity contribution in [2.75, 3.05) is 6.61 Å². The monoisotopic (exact) mass is 442 g/mol. The van der Waals surface area contributed by atoms with Crippen molar-refractivity contribution in [2.24, 2.45) is 0 Å². The molecule has 3 rings (SSSR count). The zero-order chi connectivity index (χ0) is 14.3. The summed E-state index contributed by atoms with van der Waals surface area (Å²) in [5, 5.41) is 0. The lowest BCUT2D eigenvalue weighted by molar-refractivity contribution is 0.291. The van der Waals surface area contributed by atoms with Gasteiger partial charge in [0.2, 0.25) is 0 Å². The number of hydrogen-bond donors (Lipinski definition) is 0. The summed E-state index contributed by atoms with van der Waals surface area (Å²) in [6.07, 6.45) is 0. The first-order valence-corrected chi connectivity index (χ1v) is 8.63. The molecule has 1 heterocycles. The Morgan fingerprint density at radius 3 is 2.45 bits per heavy atom. The van der Waals surface area contributed by atoms with Gasteiger partial charge in [-0.25, -0.2) is 0 Å². The van der Waals surface area contributed by atoms with Crippen molar-refractivity contribution in [1.29, 1.82) is 0 Å². The Morgan fingerprint density at radius 2 is 1.75 bits per heavy atom. The number of hydrogen-bond acceptors (Lipinski definition) is 1. The van der Waals surface area contributed by atoms with Crippen LogP contribution >= 0.6 is 38.5 Å². The Bertz CT molecular complexity index is 634. The lowest BCUT2D eigenvalue weighted by Gasteiger charge is -2.17. The molecule has 2 aromatic rings. The molecule has 0 amide bonds. The molecule has 0 bridgehead atoms. The van der Waals surface area contributed by atoms with Crippen LogP contribution in [0.15, 0.2) is 42.5 Å². The van der Waals surface area contributed by atoms with Gasteiger partial charge in [0.05, 0.1) is 11.4 Å². The summed E-state index contributed by atoms with van der Waals surface area (Å²) in [6.45, 7) is 5.23. The van der Waals surface area contributed by atoms with Gasteiger partial charge in [-0.1, -0.05) is 48.0 Å². The van der Waals surface area contributed by atoms with Crippen molar-refractivity contribution >= 4 is 38.5 Å². The molecule has 0 aromatic heterocycles. The number of ether oxygens (including phenoxy) is 1. The van der Waals surface area contributed by atoms with Crippen LogP contribution in [0, 0.1) is 3.57 Å². The van der Waals surface area contributed by atoms with Gasteiger partial charge < -0.3 is 4.74 Å². The van der Waals surface area contributed by atoms with E-state index in [0.29, 0.717) is 0 Å². The smallest absolute Gasteiger partial charge is 0.123 e. The maximum atomic E-state index is 5.75. The molecule has 0 aliphatic carbocycles. The molecular weight excluding hydrogens is 427 g/mol. The second kappa shape index (κ2) is 5.34. The first-order chi connectivity index (χ1) is 9.47. The van der Waals surface area contributed by atoms with E-state index in [2.05, 4.69) is 94.8 Å². The number of alkyl halides is 1. The van der Waals surface area contributed by atoms with Crippen molar-refractivity contribution in [2.45, 2.75) is 24.1 Å². The van der Waals surface area contributed by atoms with Crippen molar-refractivity contribution in [3.8, 4) is 5.75 Å². The summed E-state index contributed by atoms with van der Waals surface area (Å²) in [5.74, 6) is 1.03. The maximum Gasteiger partial charge on any atom is 0.123 e. The third kappa shape index (κ3) is 2.62. The van der Waals surface area contributed by atoms with E-state index in [4.69, 9.17) is 4.74 Å². The van der Waals surface area contributed by atoms with Crippen LogP contribution in [0.2, 0.25) is 0 Å². The first-order valence-electron chi connectivity index (χ1n) is 6.64. The number of benzene rings is 2. The maximum absolute atomic E-state index is 5.75. The summed E-state index contributed by atoms with van der Waals surface area (Å²) < 4.78 is 7.01. The van der Waals surface area contributed by atoms with E-state index in [9.17, 15) is 0 Å². The van der Waals surface area contributed by atoms with Crippen LogP contribution in [0.3, 0.4) is 0 Å². The Balaban J connectivity index is 1.97. The molecular formula is C17H16BrIO. The van der Waals surface area contributed by atoms with Gasteiger partial charge in [0.25, 0.3) is 0 Å². The zero-order valence-corrected chi connectivity index (χ0v) is 15.2. The highest BCUT2D eigenvalue weighted by Gasteiger charge is 2.32. The van der Waals surface area contributed by atoms with Crippen LogP contribution < -0.4 is 4.74 Å². The van der Waals surface area contributed by atoms with Gasteiger partial charge >= 0.3 is 0 Å². The zero-order valence-electron chi connectivity index (χ0n) is 11.5. The fourth-order valence-corrected chi connectivity index (χ4v) is 3.47. The average molecular weight is 443 g/mol. The number of fused-ring (bicyclic) bond motifs is 1. The summed E-state index contributed by atoms with van der Waals surface area (Å²) in [5.41, 5.74) is 3.97. The number of halogens is 2. The van der Waals surface area contributed by atoms with Gasteiger partial charge in [-0.15, -0.1) is 0 Å². The van der Waals surface area contributed by atoms with Gasteiger partial charge in [0, 0.05) is 14.5 Å². The minimum Gasteiger partial charge on any atom is -0.492 e. The Morgan fingerprint density at radius 1 is 1.10 bits per heavy atom. The van der Waals surface area contributed by atoms with Crippen LogP contribution in [0.5, 0.6) is 5.75 Å². The molecule has 0 spiro atoms. The molecule has 104 valence electrons. The van der Waals surface area contributed by atoms with Crippen LogP contribution in [-0.4, -0.2) is 6.61 Å². The van der Waals surface area contributed by atoms with Crippen LogP contribution in [0.1, 0.15) is 35.4 Å². The SMILES string of the molecule is CC1(C)COc2ccc(C(Br)c3ccc(I)cc3)cc21. The standard InChI is InChI=1S/C17H16BrIO/c1-17(2)10-20-15-8-5-12(9-14(15)17)16(18)11-3-6-13(19)7-4-11/h3-9,16H,10H2,1-2H3. The number of rotatable bonds is 2. The highest BCUT2D eigenvalue weighted by atomic mass is 127. The van der Waals surface area contributed by atoms with E-state index in [0.717, 1.165) is 12.4 Å². The molecule has 0 saturated carbocycles. The van der Waals surface area contributed by atoms with E-state index in [1.807, 2.05) is 0 Å². The largest absolute Gasteiger partial charge is 0.492 e. The Labute approximate surface area is 142 Å². The van der Waals surface area contributed by atoms with Crippen molar-refractivity contribution in [3.63, 3.8) is 0 Å². The van der Waals surface area contributed by atoms with E-state index >= 15 is 0 Å². The quantitative estimate of drug-likeness (QED) is 0.444. The highest BCUT2D eigenvalue weighted by Crippen LogP contribution is 2.41. The summed E-state index contributed by atoms with van der Waals surface area (Å²) >= 11 is 6.15. The molecule has 1 nitrogen and oxygen atoms in total. The van der Waals surface area contributed by atoms with E-state index in [1.54, 1.807) is 0 Å². The molecule has 0 radical (unpaired) electrons. The molecule has 3 heteroatoms. The van der Waals surface area contributed by atoms with E-state index in [1.165, 1.54) is 20.3 Å². The third-order valence-electron chi connectivity index (χ3n) is 3.78. The summed E-state index contributed by atoms with van der Waals surface area (Å²) in [6, 6.07) is 15.2. The molecule has 1 unspecified atom stereocenters. The molecule has 0 N–H and O–H groups in total. The normalized spacial score (nSPS) is 17.4.